The van der Waals surface area contributed by atoms with E-state index in [0.717, 1.165) is 5.69 Å². The lowest BCUT2D eigenvalue weighted by Gasteiger charge is -2.10. The van der Waals surface area contributed by atoms with Crippen molar-refractivity contribution in [1.29, 1.82) is 0 Å². The maximum Gasteiger partial charge on any atom is 0.257 e. The Bertz CT molecular complexity index is 690. The number of carbonyl (C=O) groups is 1. The van der Waals surface area contributed by atoms with Gasteiger partial charge >= 0.3 is 0 Å². The van der Waals surface area contributed by atoms with Gasteiger partial charge in [-0.3, -0.25) is 10.1 Å². The zero-order valence-electron chi connectivity index (χ0n) is 13.0. The average molecular weight is 365 g/mol. The molecular weight excluding hydrogens is 348 g/mol. The van der Waals surface area contributed by atoms with Crippen LogP contribution in [0, 0.1) is 0 Å². The van der Waals surface area contributed by atoms with Gasteiger partial charge < -0.3 is 14.8 Å². The Labute approximate surface area is 150 Å². The first kappa shape index (κ1) is 18.2. The number of anilines is 1. The zero-order valence-corrected chi connectivity index (χ0v) is 14.6. The maximum absolute atomic E-state index is 12.2. The molecular formula is C17H17ClN2O3S. The summed E-state index contributed by atoms with van der Waals surface area (Å²) in [6.07, 6.45) is 0. The van der Waals surface area contributed by atoms with Gasteiger partial charge in [0.15, 0.2) is 5.11 Å². The number of nitrogens with one attached hydrogen (secondary N) is 2. The third-order valence-electron chi connectivity index (χ3n) is 3.00. The van der Waals surface area contributed by atoms with E-state index in [1.807, 2.05) is 0 Å². The van der Waals surface area contributed by atoms with Gasteiger partial charge in [0, 0.05) is 23.4 Å². The standard InChI is InChI=1S/C17H17ClN2O3S/c1-22-10-11-23-15-8-2-12(3-9-15)16(21)20-17(24)19-14-6-4-13(18)5-7-14/h2-9H,10-11H2,1H3,(H2,19,20,21,24). The molecule has 0 spiro atoms. The summed E-state index contributed by atoms with van der Waals surface area (Å²) in [6.45, 7) is 0.962. The lowest BCUT2D eigenvalue weighted by Crippen LogP contribution is -2.34. The van der Waals surface area contributed by atoms with Gasteiger partial charge in [0.2, 0.25) is 0 Å². The van der Waals surface area contributed by atoms with Gasteiger partial charge in [-0.05, 0) is 60.7 Å². The molecule has 5 nitrogen and oxygen atoms in total. The molecule has 2 rings (SSSR count). The largest absolute Gasteiger partial charge is 0.491 e. The fourth-order valence-electron chi connectivity index (χ4n) is 1.82. The van der Waals surface area contributed by atoms with E-state index in [0.29, 0.717) is 29.5 Å². The van der Waals surface area contributed by atoms with Crippen LogP contribution >= 0.6 is 23.8 Å². The highest BCUT2D eigenvalue weighted by atomic mass is 35.5. The number of rotatable bonds is 6. The van der Waals surface area contributed by atoms with Crippen LogP contribution in [0.1, 0.15) is 10.4 Å². The van der Waals surface area contributed by atoms with Crippen LogP contribution in [0.2, 0.25) is 5.02 Å². The van der Waals surface area contributed by atoms with Crippen LogP contribution in [0.3, 0.4) is 0 Å². The number of ether oxygens (including phenoxy) is 2. The number of hydrogen-bond acceptors (Lipinski definition) is 4. The Hall–Kier alpha value is -2.15. The topological polar surface area (TPSA) is 59.6 Å². The quantitative estimate of drug-likeness (QED) is 0.607. The van der Waals surface area contributed by atoms with Crippen molar-refractivity contribution in [3.05, 3.63) is 59.1 Å². The number of hydrogen-bond donors (Lipinski definition) is 2. The summed E-state index contributed by atoms with van der Waals surface area (Å²) in [6, 6.07) is 13.8. The Balaban J connectivity index is 1.86. The molecule has 2 aromatic carbocycles. The predicted molar refractivity (Wildman–Crippen MR) is 99.0 cm³/mol. The molecule has 0 bridgehead atoms. The van der Waals surface area contributed by atoms with Crippen LogP contribution in [-0.4, -0.2) is 31.3 Å². The minimum atomic E-state index is -0.301. The van der Waals surface area contributed by atoms with E-state index in [1.54, 1.807) is 55.6 Å². The Morgan fingerprint density at radius 3 is 2.38 bits per heavy atom. The number of methoxy groups -OCH3 is 1. The first-order valence-electron chi connectivity index (χ1n) is 7.18. The van der Waals surface area contributed by atoms with E-state index >= 15 is 0 Å². The van der Waals surface area contributed by atoms with Crippen molar-refractivity contribution in [3.8, 4) is 5.75 Å². The molecule has 0 aliphatic heterocycles. The molecule has 0 fully saturated rings. The monoisotopic (exact) mass is 364 g/mol. The highest BCUT2D eigenvalue weighted by Crippen LogP contribution is 2.14. The van der Waals surface area contributed by atoms with Crippen LogP contribution in [0.25, 0.3) is 0 Å². The SMILES string of the molecule is COCCOc1ccc(C(=O)NC(=S)Nc2ccc(Cl)cc2)cc1. The van der Waals surface area contributed by atoms with Crippen LogP contribution in [-0.2, 0) is 4.74 Å². The van der Waals surface area contributed by atoms with E-state index in [4.69, 9.17) is 33.3 Å². The number of halogens is 1. The molecule has 24 heavy (non-hydrogen) atoms. The summed E-state index contributed by atoms with van der Waals surface area (Å²) in [5, 5.41) is 6.38. The molecule has 7 heteroatoms. The van der Waals surface area contributed by atoms with Gasteiger partial charge in [-0.2, -0.15) is 0 Å². The van der Waals surface area contributed by atoms with Crippen molar-refractivity contribution in [2.75, 3.05) is 25.6 Å². The van der Waals surface area contributed by atoms with Crippen LogP contribution in [0.4, 0.5) is 5.69 Å². The number of amides is 1. The second-order valence-corrected chi connectivity index (χ2v) is 5.63. The molecule has 0 heterocycles. The lowest BCUT2D eigenvalue weighted by molar-refractivity contribution is 0.0977. The van der Waals surface area contributed by atoms with E-state index in [9.17, 15) is 4.79 Å². The van der Waals surface area contributed by atoms with Crippen molar-refractivity contribution in [2.24, 2.45) is 0 Å². The van der Waals surface area contributed by atoms with Gasteiger partial charge in [0.05, 0.1) is 6.61 Å². The van der Waals surface area contributed by atoms with Crippen molar-refractivity contribution < 1.29 is 14.3 Å². The molecule has 0 aliphatic carbocycles. The van der Waals surface area contributed by atoms with Crippen LogP contribution in [0.15, 0.2) is 48.5 Å². The van der Waals surface area contributed by atoms with Gasteiger partial charge in [0.1, 0.15) is 12.4 Å². The smallest absolute Gasteiger partial charge is 0.257 e. The highest BCUT2D eigenvalue weighted by molar-refractivity contribution is 7.80. The van der Waals surface area contributed by atoms with E-state index in [1.165, 1.54) is 0 Å². The summed E-state index contributed by atoms with van der Waals surface area (Å²) in [7, 11) is 1.61. The van der Waals surface area contributed by atoms with E-state index < -0.39 is 0 Å². The second-order valence-electron chi connectivity index (χ2n) is 4.78. The summed E-state index contributed by atoms with van der Waals surface area (Å²) >= 11 is 10.9. The van der Waals surface area contributed by atoms with Crippen LogP contribution < -0.4 is 15.4 Å². The highest BCUT2D eigenvalue weighted by Gasteiger charge is 2.08. The molecule has 126 valence electrons. The first-order valence-corrected chi connectivity index (χ1v) is 7.97. The molecule has 0 atom stereocenters. The Morgan fingerprint density at radius 1 is 1.08 bits per heavy atom. The summed E-state index contributed by atoms with van der Waals surface area (Å²) < 4.78 is 10.4. The van der Waals surface area contributed by atoms with Gasteiger partial charge in [-0.1, -0.05) is 11.6 Å². The molecule has 2 N–H and O–H groups in total. The molecule has 0 aliphatic rings. The molecule has 0 saturated carbocycles. The van der Waals surface area contributed by atoms with Crippen molar-refractivity contribution >= 4 is 40.5 Å². The number of benzene rings is 2. The fourth-order valence-corrected chi connectivity index (χ4v) is 2.15. The average Bonchev–Trinajstić information content (AvgIpc) is 2.58. The van der Waals surface area contributed by atoms with Crippen molar-refractivity contribution in [2.45, 2.75) is 0 Å². The van der Waals surface area contributed by atoms with Crippen LogP contribution in [0.5, 0.6) is 5.75 Å². The Morgan fingerprint density at radius 2 is 1.75 bits per heavy atom. The van der Waals surface area contributed by atoms with E-state index in [-0.39, 0.29) is 11.0 Å². The third kappa shape index (κ3) is 5.81. The molecule has 0 aromatic heterocycles. The normalized spacial score (nSPS) is 10.1. The molecule has 0 unspecified atom stereocenters. The number of thiocarbonyl (C=S) groups is 1. The zero-order chi connectivity index (χ0) is 17.4. The van der Waals surface area contributed by atoms with Gasteiger partial charge in [0.25, 0.3) is 5.91 Å². The molecule has 1 amide bonds. The predicted octanol–water partition coefficient (Wildman–Crippen LogP) is 3.49. The van der Waals surface area contributed by atoms with Gasteiger partial charge in [-0.25, -0.2) is 0 Å². The molecule has 0 radical (unpaired) electrons. The number of carbonyl (C=O) groups excluding carboxylic acids is 1. The molecule has 0 saturated heterocycles. The van der Waals surface area contributed by atoms with E-state index in [2.05, 4.69) is 10.6 Å². The minimum Gasteiger partial charge on any atom is -0.491 e. The summed E-state index contributed by atoms with van der Waals surface area (Å²) in [5.41, 5.74) is 1.22. The minimum absolute atomic E-state index is 0.211. The molecule has 2 aromatic rings. The maximum atomic E-state index is 12.2. The lowest BCUT2D eigenvalue weighted by atomic mass is 10.2. The first-order chi connectivity index (χ1) is 11.6. The third-order valence-corrected chi connectivity index (χ3v) is 3.46. The second kappa shape index (κ2) is 9.22. The van der Waals surface area contributed by atoms with Gasteiger partial charge in [-0.15, -0.1) is 0 Å². The summed E-state index contributed by atoms with van der Waals surface area (Å²) in [5.74, 6) is 0.371. The summed E-state index contributed by atoms with van der Waals surface area (Å²) in [4.78, 5) is 12.2. The Kier molecular flexibility index (Phi) is 6.99. The fraction of sp³-hybridized carbons (Fsp3) is 0.176. The van der Waals surface area contributed by atoms with Crippen molar-refractivity contribution in [1.82, 2.24) is 5.32 Å². The van der Waals surface area contributed by atoms with Crippen molar-refractivity contribution in [3.63, 3.8) is 0 Å².